The van der Waals surface area contributed by atoms with Crippen LogP contribution >= 0.6 is 0 Å². The average molecular weight is 253 g/mol. The summed E-state index contributed by atoms with van der Waals surface area (Å²) in [7, 11) is 2.31. The van der Waals surface area contributed by atoms with Crippen LogP contribution in [0.2, 0.25) is 0 Å². The minimum atomic E-state index is 0.243. The van der Waals surface area contributed by atoms with Crippen LogP contribution in [0.4, 0.5) is 0 Å². The topological polar surface area (TPSA) is 32.5 Å². The number of nitrogens with two attached hydrogens (primary N) is 1. The van der Waals surface area contributed by atoms with Crippen molar-refractivity contribution in [2.75, 3.05) is 20.1 Å². The first kappa shape index (κ1) is 14.3. The molecule has 2 aliphatic rings. The number of likely N-dealkylation sites (N-methyl/N-ethyl adjacent to an activating group) is 1. The molecule has 3 nitrogen and oxygen atoms in total. The van der Waals surface area contributed by atoms with Gasteiger partial charge in [-0.15, -0.1) is 0 Å². The monoisotopic (exact) mass is 253 g/mol. The van der Waals surface area contributed by atoms with Gasteiger partial charge in [0.15, 0.2) is 0 Å². The molecule has 4 unspecified atom stereocenters. The van der Waals surface area contributed by atoms with Crippen LogP contribution in [0.25, 0.3) is 0 Å². The number of hydrogen-bond donors (Lipinski definition) is 1. The Morgan fingerprint density at radius 3 is 2.28 bits per heavy atom. The first-order chi connectivity index (χ1) is 8.30. The number of nitrogens with zero attached hydrogens (tertiary/aromatic N) is 2. The standard InChI is InChI=1S/C15H31N3/c1-11(16)14(15(2,3)4)18-9-8-12-6-7-13(10-18)17(12)5/h11-14H,6-10,16H2,1-5H3. The Labute approximate surface area is 113 Å². The molecule has 0 spiro atoms. The van der Waals surface area contributed by atoms with Crippen molar-refractivity contribution in [3.05, 3.63) is 0 Å². The van der Waals surface area contributed by atoms with E-state index in [1.54, 1.807) is 0 Å². The summed E-state index contributed by atoms with van der Waals surface area (Å²) < 4.78 is 0. The van der Waals surface area contributed by atoms with Crippen LogP contribution in [-0.2, 0) is 0 Å². The smallest absolute Gasteiger partial charge is 0.0293 e. The van der Waals surface area contributed by atoms with Crippen molar-refractivity contribution >= 4 is 0 Å². The van der Waals surface area contributed by atoms with Gasteiger partial charge in [0, 0.05) is 37.3 Å². The van der Waals surface area contributed by atoms with Gasteiger partial charge in [-0.25, -0.2) is 0 Å². The van der Waals surface area contributed by atoms with Crippen LogP contribution in [0.5, 0.6) is 0 Å². The minimum absolute atomic E-state index is 0.243. The second-order valence-corrected chi connectivity index (χ2v) is 7.50. The summed E-state index contributed by atoms with van der Waals surface area (Å²) in [6.45, 7) is 11.6. The molecule has 0 amide bonds. The Bertz CT molecular complexity index is 282. The van der Waals surface area contributed by atoms with Crippen molar-refractivity contribution in [1.82, 2.24) is 9.80 Å². The number of hydrogen-bond acceptors (Lipinski definition) is 3. The molecule has 106 valence electrons. The molecular weight excluding hydrogens is 222 g/mol. The van der Waals surface area contributed by atoms with E-state index >= 15 is 0 Å². The lowest BCUT2D eigenvalue weighted by Crippen LogP contribution is -2.55. The van der Waals surface area contributed by atoms with Crippen molar-refractivity contribution in [1.29, 1.82) is 0 Å². The van der Waals surface area contributed by atoms with Crippen molar-refractivity contribution < 1.29 is 0 Å². The first-order valence-electron chi connectivity index (χ1n) is 7.52. The van der Waals surface area contributed by atoms with E-state index in [0.717, 1.165) is 12.1 Å². The van der Waals surface area contributed by atoms with Crippen LogP contribution in [-0.4, -0.2) is 54.1 Å². The third kappa shape index (κ3) is 2.73. The highest BCUT2D eigenvalue weighted by Gasteiger charge is 2.40. The molecule has 3 heteroatoms. The first-order valence-corrected chi connectivity index (χ1v) is 7.52. The van der Waals surface area contributed by atoms with Crippen molar-refractivity contribution in [3.8, 4) is 0 Å². The number of fused-ring (bicyclic) bond motifs is 2. The average Bonchev–Trinajstić information content (AvgIpc) is 2.43. The molecule has 2 rings (SSSR count). The van der Waals surface area contributed by atoms with Crippen LogP contribution in [0.15, 0.2) is 0 Å². The maximum absolute atomic E-state index is 6.28. The molecule has 0 aromatic carbocycles. The zero-order valence-electron chi connectivity index (χ0n) is 12.8. The fraction of sp³-hybridized carbons (Fsp3) is 1.00. The summed E-state index contributed by atoms with van der Waals surface area (Å²) in [6.07, 6.45) is 4.08. The predicted octanol–water partition coefficient (Wildman–Crippen LogP) is 1.92. The van der Waals surface area contributed by atoms with Crippen molar-refractivity contribution in [2.24, 2.45) is 11.1 Å². The van der Waals surface area contributed by atoms with E-state index in [1.165, 1.54) is 32.4 Å². The SMILES string of the molecule is CC(N)C(N1CCC2CCC(C1)N2C)C(C)(C)C. The van der Waals surface area contributed by atoms with E-state index in [2.05, 4.69) is 44.5 Å². The molecule has 2 saturated heterocycles. The minimum Gasteiger partial charge on any atom is -0.327 e. The summed E-state index contributed by atoms with van der Waals surface area (Å²) in [5.74, 6) is 0. The highest BCUT2D eigenvalue weighted by atomic mass is 15.3. The summed E-state index contributed by atoms with van der Waals surface area (Å²) in [4.78, 5) is 5.28. The van der Waals surface area contributed by atoms with Gasteiger partial charge >= 0.3 is 0 Å². The molecule has 2 heterocycles. The van der Waals surface area contributed by atoms with Crippen molar-refractivity contribution in [2.45, 2.75) is 71.1 Å². The van der Waals surface area contributed by atoms with Gasteiger partial charge in [0.25, 0.3) is 0 Å². The zero-order valence-corrected chi connectivity index (χ0v) is 12.8. The molecule has 18 heavy (non-hydrogen) atoms. The van der Waals surface area contributed by atoms with E-state index in [9.17, 15) is 0 Å². The van der Waals surface area contributed by atoms with E-state index in [1.807, 2.05) is 0 Å². The molecule has 4 atom stereocenters. The Morgan fingerprint density at radius 2 is 1.72 bits per heavy atom. The maximum atomic E-state index is 6.28. The third-order valence-corrected chi connectivity index (χ3v) is 4.96. The molecule has 0 aromatic rings. The molecule has 0 aromatic heterocycles. The van der Waals surface area contributed by atoms with E-state index < -0.39 is 0 Å². The van der Waals surface area contributed by atoms with E-state index in [0.29, 0.717) is 6.04 Å². The molecule has 0 aliphatic carbocycles. The summed E-state index contributed by atoms with van der Waals surface area (Å²) >= 11 is 0. The van der Waals surface area contributed by atoms with Crippen molar-refractivity contribution in [3.63, 3.8) is 0 Å². The Kier molecular flexibility index (Phi) is 4.05. The highest BCUT2D eigenvalue weighted by molar-refractivity contribution is 4.97. The fourth-order valence-electron chi connectivity index (χ4n) is 4.26. The zero-order chi connectivity index (χ0) is 13.5. The molecule has 0 radical (unpaired) electrons. The lowest BCUT2D eigenvalue weighted by molar-refractivity contribution is 0.0733. The van der Waals surface area contributed by atoms with Gasteiger partial charge in [-0.2, -0.15) is 0 Å². The summed E-state index contributed by atoms with van der Waals surface area (Å²) in [5.41, 5.74) is 6.54. The summed E-state index contributed by atoms with van der Waals surface area (Å²) in [5, 5.41) is 0. The van der Waals surface area contributed by atoms with E-state index in [4.69, 9.17) is 5.73 Å². The fourth-order valence-corrected chi connectivity index (χ4v) is 4.26. The second kappa shape index (κ2) is 5.10. The normalized spacial score (nSPS) is 34.3. The largest absolute Gasteiger partial charge is 0.327 e. The lowest BCUT2D eigenvalue weighted by atomic mass is 9.81. The van der Waals surface area contributed by atoms with Gasteiger partial charge in [0.1, 0.15) is 0 Å². The molecular formula is C15H31N3. The number of rotatable bonds is 2. The maximum Gasteiger partial charge on any atom is 0.0293 e. The summed E-state index contributed by atoms with van der Waals surface area (Å²) in [6, 6.07) is 2.30. The lowest BCUT2D eigenvalue weighted by Gasteiger charge is -2.43. The Balaban J connectivity index is 2.13. The van der Waals surface area contributed by atoms with Crippen LogP contribution < -0.4 is 5.73 Å². The van der Waals surface area contributed by atoms with Crippen LogP contribution in [0.3, 0.4) is 0 Å². The van der Waals surface area contributed by atoms with Crippen LogP contribution in [0, 0.1) is 5.41 Å². The van der Waals surface area contributed by atoms with E-state index in [-0.39, 0.29) is 11.5 Å². The molecule has 2 N–H and O–H groups in total. The number of likely N-dealkylation sites (tertiary alicyclic amines) is 1. The van der Waals surface area contributed by atoms with Crippen LogP contribution in [0.1, 0.15) is 47.0 Å². The second-order valence-electron chi connectivity index (χ2n) is 7.50. The van der Waals surface area contributed by atoms with Gasteiger partial charge < -0.3 is 5.73 Å². The molecule has 2 bridgehead atoms. The molecule has 2 aliphatic heterocycles. The third-order valence-electron chi connectivity index (χ3n) is 4.96. The van der Waals surface area contributed by atoms with Gasteiger partial charge in [-0.05, 0) is 38.6 Å². The molecule has 2 fully saturated rings. The molecule has 0 saturated carbocycles. The van der Waals surface area contributed by atoms with Gasteiger partial charge in [0.05, 0.1) is 0 Å². The van der Waals surface area contributed by atoms with Gasteiger partial charge in [-0.1, -0.05) is 20.8 Å². The Morgan fingerprint density at radius 1 is 1.11 bits per heavy atom. The van der Waals surface area contributed by atoms with Gasteiger partial charge in [0.2, 0.25) is 0 Å². The van der Waals surface area contributed by atoms with Gasteiger partial charge in [-0.3, -0.25) is 9.80 Å². The predicted molar refractivity (Wildman–Crippen MR) is 77.7 cm³/mol. The quantitative estimate of drug-likeness (QED) is 0.816. The Hall–Kier alpha value is -0.120. The highest BCUT2D eigenvalue weighted by Crippen LogP contribution is 2.33.